The van der Waals surface area contributed by atoms with Crippen LogP contribution < -0.4 is 0 Å². The average molecular weight is 346 g/mol. The molecular weight excluding hydrogens is 338 g/mol. The van der Waals surface area contributed by atoms with Crippen molar-refractivity contribution in [3.63, 3.8) is 0 Å². The molecule has 0 amide bonds. The topological polar surface area (TPSA) is 24.7 Å². The Labute approximate surface area is 136 Å². The molecule has 0 saturated heterocycles. The number of hydrogen-bond donors (Lipinski definition) is 0. The lowest BCUT2D eigenvalue weighted by Crippen LogP contribution is -1.79. The number of rotatable bonds is 3. The van der Waals surface area contributed by atoms with E-state index >= 15 is 0 Å². The van der Waals surface area contributed by atoms with Gasteiger partial charge in [0.25, 0.3) is 0 Å². The number of hydrogen-bond acceptors (Lipinski definition) is 2. The summed E-state index contributed by atoms with van der Waals surface area (Å²) in [6.07, 6.45) is 1.54. The summed E-state index contributed by atoms with van der Waals surface area (Å²) in [5.74, 6) is 0. The van der Waals surface area contributed by atoms with Gasteiger partial charge in [0, 0.05) is 10.6 Å². The Morgan fingerprint density at radius 2 is 1.55 bits per heavy atom. The maximum Gasteiger partial charge on any atom is 0.152 e. The maximum absolute atomic E-state index is 6.05. The Morgan fingerprint density at radius 1 is 0.950 bits per heavy atom. The molecule has 2 aromatic carbocycles. The molecule has 0 N–H and O–H groups in total. The summed E-state index contributed by atoms with van der Waals surface area (Å²) >= 11 is 23.9. The van der Waals surface area contributed by atoms with Crippen LogP contribution in [-0.2, 0) is 0 Å². The predicted molar refractivity (Wildman–Crippen MR) is 86.3 cm³/mol. The molecule has 2 aromatic rings. The average Bonchev–Trinajstić information content (AvgIpc) is 2.42. The van der Waals surface area contributed by atoms with Crippen LogP contribution >= 0.6 is 46.4 Å². The highest BCUT2D eigenvalue weighted by molar-refractivity contribution is 6.40. The molecule has 0 aliphatic heterocycles. The van der Waals surface area contributed by atoms with Crippen molar-refractivity contribution in [2.75, 3.05) is 0 Å². The maximum atomic E-state index is 6.05. The zero-order chi connectivity index (χ0) is 14.5. The van der Waals surface area contributed by atoms with E-state index in [2.05, 4.69) is 10.2 Å². The van der Waals surface area contributed by atoms with Gasteiger partial charge in [-0.3, -0.25) is 0 Å². The van der Waals surface area contributed by atoms with Crippen LogP contribution in [0, 0.1) is 0 Å². The number of benzene rings is 2. The van der Waals surface area contributed by atoms with E-state index in [-0.39, 0.29) is 5.16 Å². The van der Waals surface area contributed by atoms with Crippen LogP contribution in [0.25, 0.3) is 6.08 Å². The van der Waals surface area contributed by atoms with E-state index in [4.69, 9.17) is 46.4 Å². The van der Waals surface area contributed by atoms with Gasteiger partial charge in [0.05, 0.1) is 15.7 Å². The van der Waals surface area contributed by atoms with Crippen molar-refractivity contribution in [1.82, 2.24) is 0 Å². The summed E-state index contributed by atoms with van der Waals surface area (Å²) in [7, 11) is 0. The zero-order valence-electron chi connectivity index (χ0n) is 10.0. The third-order valence-corrected chi connectivity index (χ3v) is 3.35. The third kappa shape index (κ3) is 4.22. The van der Waals surface area contributed by atoms with Crippen LogP contribution in [-0.4, -0.2) is 0 Å². The minimum atomic E-state index is 0.167. The van der Waals surface area contributed by atoms with E-state index in [0.717, 1.165) is 0 Å². The number of azo groups is 1. The molecular formula is C14H8Cl4N2. The standard InChI is InChI=1S/C14H8Cl4N2/c15-9-6-12(16)11(13(17)7-9)8-14(18)20-19-10-4-2-1-3-5-10/h1-8H/b14-8+,20-19?. The summed E-state index contributed by atoms with van der Waals surface area (Å²) in [4.78, 5) is 0. The first-order valence-electron chi connectivity index (χ1n) is 5.55. The summed E-state index contributed by atoms with van der Waals surface area (Å²) in [6, 6.07) is 12.4. The van der Waals surface area contributed by atoms with E-state index in [1.807, 2.05) is 30.3 Å². The normalized spacial score (nSPS) is 12.1. The second-order valence-electron chi connectivity index (χ2n) is 3.79. The lowest BCUT2D eigenvalue weighted by molar-refractivity contribution is 1.21. The first kappa shape index (κ1) is 15.3. The summed E-state index contributed by atoms with van der Waals surface area (Å²) in [6.45, 7) is 0. The van der Waals surface area contributed by atoms with Crippen LogP contribution in [0.4, 0.5) is 5.69 Å². The number of nitrogens with zero attached hydrogens (tertiary/aromatic N) is 2. The van der Waals surface area contributed by atoms with Gasteiger partial charge in [0.2, 0.25) is 0 Å². The van der Waals surface area contributed by atoms with Gasteiger partial charge in [-0.1, -0.05) is 64.6 Å². The first-order valence-corrected chi connectivity index (χ1v) is 7.06. The molecule has 0 heterocycles. The van der Waals surface area contributed by atoms with Crippen LogP contribution in [0.5, 0.6) is 0 Å². The molecule has 20 heavy (non-hydrogen) atoms. The minimum Gasteiger partial charge on any atom is -0.150 e. The molecule has 0 fully saturated rings. The predicted octanol–water partition coefficient (Wildman–Crippen LogP) is 6.97. The highest BCUT2D eigenvalue weighted by Crippen LogP contribution is 2.31. The smallest absolute Gasteiger partial charge is 0.150 e. The molecule has 0 aromatic heterocycles. The van der Waals surface area contributed by atoms with Gasteiger partial charge in [0.1, 0.15) is 0 Å². The van der Waals surface area contributed by atoms with Gasteiger partial charge in [0.15, 0.2) is 5.16 Å². The van der Waals surface area contributed by atoms with Crippen molar-refractivity contribution in [3.8, 4) is 0 Å². The lowest BCUT2D eigenvalue weighted by Gasteiger charge is -2.02. The van der Waals surface area contributed by atoms with Crippen molar-refractivity contribution in [1.29, 1.82) is 0 Å². The van der Waals surface area contributed by atoms with Gasteiger partial charge < -0.3 is 0 Å². The molecule has 2 rings (SSSR count). The fourth-order valence-electron chi connectivity index (χ4n) is 1.44. The van der Waals surface area contributed by atoms with Gasteiger partial charge in [-0.15, -0.1) is 10.2 Å². The van der Waals surface area contributed by atoms with E-state index in [1.165, 1.54) is 6.08 Å². The van der Waals surface area contributed by atoms with Crippen LogP contribution in [0.2, 0.25) is 15.1 Å². The molecule has 0 radical (unpaired) electrons. The van der Waals surface area contributed by atoms with Crippen molar-refractivity contribution in [3.05, 3.63) is 68.3 Å². The fraction of sp³-hybridized carbons (Fsp3) is 0. The molecule has 0 atom stereocenters. The second-order valence-corrected chi connectivity index (χ2v) is 5.42. The minimum absolute atomic E-state index is 0.167. The van der Waals surface area contributed by atoms with E-state index in [0.29, 0.717) is 26.3 Å². The van der Waals surface area contributed by atoms with Gasteiger partial charge >= 0.3 is 0 Å². The highest BCUT2D eigenvalue weighted by Gasteiger charge is 2.06. The van der Waals surface area contributed by atoms with Crippen molar-refractivity contribution in [2.24, 2.45) is 10.2 Å². The third-order valence-electron chi connectivity index (χ3n) is 2.32. The fourth-order valence-corrected chi connectivity index (χ4v) is 2.51. The van der Waals surface area contributed by atoms with Crippen LogP contribution in [0.3, 0.4) is 0 Å². The molecule has 0 spiro atoms. The molecule has 0 saturated carbocycles. The Bertz CT molecular complexity index is 643. The Kier molecular flexibility index (Phi) is 5.44. The van der Waals surface area contributed by atoms with Gasteiger partial charge in [-0.2, -0.15) is 0 Å². The number of halogens is 4. The monoisotopic (exact) mass is 344 g/mol. The van der Waals surface area contributed by atoms with Crippen LogP contribution in [0.15, 0.2) is 57.8 Å². The molecule has 6 heteroatoms. The molecule has 2 nitrogen and oxygen atoms in total. The summed E-state index contributed by atoms with van der Waals surface area (Å²) in [5, 5.41) is 9.31. The quantitative estimate of drug-likeness (QED) is 0.424. The van der Waals surface area contributed by atoms with Gasteiger partial charge in [-0.05, 0) is 30.3 Å². The van der Waals surface area contributed by atoms with Crippen LogP contribution in [0.1, 0.15) is 5.56 Å². The van der Waals surface area contributed by atoms with E-state index in [9.17, 15) is 0 Å². The molecule has 0 aliphatic rings. The Balaban J connectivity index is 2.25. The van der Waals surface area contributed by atoms with E-state index < -0.39 is 0 Å². The zero-order valence-corrected chi connectivity index (χ0v) is 13.0. The summed E-state index contributed by atoms with van der Waals surface area (Å²) in [5.41, 5.74) is 1.25. The van der Waals surface area contributed by atoms with E-state index in [1.54, 1.807) is 12.1 Å². The molecule has 0 aliphatic carbocycles. The first-order chi connectivity index (χ1) is 9.56. The van der Waals surface area contributed by atoms with Crippen molar-refractivity contribution >= 4 is 58.2 Å². The summed E-state index contributed by atoms with van der Waals surface area (Å²) < 4.78 is 0. The Hall–Kier alpha value is -1.06. The molecule has 0 bridgehead atoms. The largest absolute Gasteiger partial charge is 0.152 e. The molecule has 0 unspecified atom stereocenters. The molecule has 102 valence electrons. The lowest BCUT2D eigenvalue weighted by atomic mass is 10.2. The van der Waals surface area contributed by atoms with Crippen molar-refractivity contribution < 1.29 is 0 Å². The van der Waals surface area contributed by atoms with Crippen molar-refractivity contribution in [2.45, 2.75) is 0 Å². The second kappa shape index (κ2) is 7.09. The highest BCUT2D eigenvalue weighted by atomic mass is 35.5. The SMILES string of the molecule is Cl/C(=C\c1c(Cl)cc(Cl)cc1Cl)N=Nc1ccccc1. The Morgan fingerprint density at radius 3 is 2.15 bits per heavy atom. The van der Waals surface area contributed by atoms with Gasteiger partial charge in [-0.25, -0.2) is 0 Å².